The van der Waals surface area contributed by atoms with Gasteiger partial charge in [-0.15, -0.1) is 0 Å². The van der Waals surface area contributed by atoms with Crippen LogP contribution in [0.4, 0.5) is 0 Å². The number of amides is 1. The number of carbonyl (C=O) groups is 1. The van der Waals surface area contributed by atoms with E-state index in [0.29, 0.717) is 4.75 Å². The Morgan fingerprint density at radius 3 is 2.36 bits per heavy atom. The summed E-state index contributed by atoms with van der Waals surface area (Å²) in [6, 6.07) is 0. The summed E-state index contributed by atoms with van der Waals surface area (Å²) in [4.78, 5) is 10.4. The molecule has 0 atom stereocenters. The third-order valence-electron chi connectivity index (χ3n) is 1.01. The smallest absolute Gasteiger partial charge is 0.216 e. The molecule has 66 valence electrons. The van der Waals surface area contributed by atoms with Crippen LogP contribution in [0.3, 0.4) is 0 Å². The summed E-state index contributed by atoms with van der Waals surface area (Å²) in [5, 5.41) is 2.76. The molecule has 0 aliphatic heterocycles. The van der Waals surface area contributed by atoms with Crippen molar-refractivity contribution in [2.75, 3.05) is 12.3 Å². The van der Waals surface area contributed by atoms with E-state index in [1.165, 1.54) is 0 Å². The first-order valence-corrected chi connectivity index (χ1v) is 4.79. The molecule has 0 aromatic rings. The second kappa shape index (κ2) is 4.65. The second-order valence-corrected chi connectivity index (χ2v) is 5.37. The molecular weight excluding hydrogens is 158 g/mol. The Balaban J connectivity index is 3.22. The largest absolute Gasteiger partial charge is 0.356 e. The number of carbonyl (C=O) groups excluding carboxylic acids is 1. The van der Waals surface area contributed by atoms with Gasteiger partial charge < -0.3 is 5.32 Å². The van der Waals surface area contributed by atoms with Crippen LogP contribution < -0.4 is 5.32 Å². The number of hydrogen-bond acceptors (Lipinski definition) is 2. The zero-order valence-electron chi connectivity index (χ0n) is 7.73. The summed E-state index contributed by atoms with van der Waals surface area (Å²) < 4.78 is 0.304. The fourth-order valence-corrected chi connectivity index (χ4v) is 1.40. The lowest BCUT2D eigenvalue weighted by atomic mass is 10.3. The lowest BCUT2D eigenvalue weighted by Gasteiger charge is -2.17. The first kappa shape index (κ1) is 10.8. The van der Waals surface area contributed by atoms with Crippen LogP contribution in [0.2, 0.25) is 0 Å². The van der Waals surface area contributed by atoms with Gasteiger partial charge in [-0.1, -0.05) is 20.8 Å². The first-order valence-electron chi connectivity index (χ1n) is 3.80. The fourth-order valence-electron chi connectivity index (χ4n) is 0.584. The maximum absolute atomic E-state index is 10.4. The van der Waals surface area contributed by atoms with Crippen molar-refractivity contribution in [2.24, 2.45) is 0 Å². The van der Waals surface area contributed by atoms with Crippen molar-refractivity contribution in [3.8, 4) is 0 Å². The molecule has 0 aromatic heterocycles. The summed E-state index contributed by atoms with van der Waals surface area (Å²) >= 11 is 1.86. The molecule has 0 aliphatic carbocycles. The minimum Gasteiger partial charge on any atom is -0.356 e. The Hall–Kier alpha value is -0.180. The molecule has 3 heteroatoms. The number of thioether (sulfide) groups is 1. The molecule has 0 aromatic carbocycles. The van der Waals surface area contributed by atoms with Crippen LogP contribution in [-0.4, -0.2) is 23.0 Å². The standard InChI is InChI=1S/C8H17NOS/c1-7(10)9-5-6-11-8(2,3)4/h5-6H2,1-4H3,(H,9,10). The van der Waals surface area contributed by atoms with Crippen LogP contribution in [0.1, 0.15) is 27.7 Å². The molecule has 1 amide bonds. The Morgan fingerprint density at radius 1 is 1.45 bits per heavy atom. The fraction of sp³-hybridized carbons (Fsp3) is 0.875. The van der Waals surface area contributed by atoms with Gasteiger partial charge in [-0.25, -0.2) is 0 Å². The van der Waals surface area contributed by atoms with E-state index in [9.17, 15) is 4.79 Å². The van der Waals surface area contributed by atoms with Gasteiger partial charge in [-0.2, -0.15) is 11.8 Å². The molecule has 0 spiro atoms. The van der Waals surface area contributed by atoms with Crippen LogP contribution in [0.15, 0.2) is 0 Å². The Kier molecular flexibility index (Phi) is 4.57. The van der Waals surface area contributed by atoms with Crippen molar-refractivity contribution in [1.82, 2.24) is 5.32 Å². The minimum atomic E-state index is 0.0551. The molecule has 1 N–H and O–H groups in total. The lowest BCUT2D eigenvalue weighted by molar-refractivity contribution is -0.118. The van der Waals surface area contributed by atoms with E-state index < -0.39 is 0 Å². The van der Waals surface area contributed by atoms with Crippen molar-refractivity contribution in [3.63, 3.8) is 0 Å². The quantitative estimate of drug-likeness (QED) is 0.661. The summed E-state index contributed by atoms with van der Waals surface area (Å²) in [5.41, 5.74) is 0. The molecule has 2 nitrogen and oxygen atoms in total. The summed E-state index contributed by atoms with van der Waals surface area (Å²) in [7, 11) is 0. The molecule has 0 radical (unpaired) electrons. The van der Waals surface area contributed by atoms with Crippen LogP contribution in [0, 0.1) is 0 Å². The van der Waals surface area contributed by atoms with Crippen molar-refractivity contribution < 1.29 is 4.79 Å². The molecule has 0 heterocycles. The molecule has 0 saturated carbocycles. The molecule has 0 rings (SSSR count). The average molecular weight is 175 g/mol. The molecule has 0 saturated heterocycles. The van der Waals surface area contributed by atoms with Crippen LogP contribution in [0.25, 0.3) is 0 Å². The predicted molar refractivity (Wildman–Crippen MR) is 50.9 cm³/mol. The molecule has 0 aliphatic rings. The maximum Gasteiger partial charge on any atom is 0.216 e. The van der Waals surface area contributed by atoms with Gasteiger partial charge >= 0.3 is 0 Å². The van der Waals surface area contributed by atoms with Crippen LogP contribution >= 0.6 is 11.8 Å². The van der Waals surface area contributed by atoms with E-state index in [1.807, 2.05) is 11.8 Å². The predicted octanol–water partition coefficient (Wildman–Crippen LogP) is 1.65. The van der Waals surface area contributed by atoms with E-state index in [1.54, 1.807) is 6.92 Å². The average Bonchev–Trinajstić information content (AvgIpc) is 1.78. The SMILES string of the molecule is CC(=O)NCCSC(C)(C)C. The molecule has 0 unspecified atom stereocenters. The van der Waals surface area contributed by atoms with E-state index in [4.69, 9.17) is 0 Å². The highest BCUT2D eigenvalue weighted by molar-refractivity contribution is 8.00. The topological polar surface area (TPSA) is 29.1 Å². The van der Waals surface area contributed by atoms with Gasteiger partial charge in [0.05, 0.1) is 0 Å². The summed E-state index contributed by atoms with van der Waals surface area (Å²) in [6.07, 6.45) is 0. The Bertz CT molecular complexity index is 129. The van der Waals surface area contributed by atoms with E-state index in [0.717, 1.165) is 12.3 Å². The highest BCUT2D eigenvalue weighted by Gasteiger charge is 2.09. The first-order chi connectivity index (χ1) is 4.92. The minimum absolute atomic E-state index is 0.0551. The van der Waals surface area contributed by atoms with Gasteiger partial charge in [0.15, 0.2) is 0 Å². The Labute approximate surface area is 73.1 Å². The van der Waals surface area contributed by atoms with E-state index in [-0.39, 0.29) is 5.91 Å². The summed E-state index contributed by atoms with van der Waals surface area (Å²) in [5.74, 6) is 1.04. The van der Waals surface area contributed by atoms with Crippen molar-refractivity contribution in [3.05, 3.63) is 0 Å². The van der Waals surface area contributed by atoms with Gasteiger partial charge in [0.1, 0.15) is 0 Å². The highest BCUT2D eigenvalue weighted by atomic mass is 32.2. The molecule has 0 fully saturated rings. The molecule has 11 heavy (non-hydrogen) atoms. The zero-order valence-corrected chi connectivity index (χ0v) is 8.55. The van der Waals surface area contributed by atoms with Gasteiger partial charge in [0.2, 0.25) is 5.91 Å². The number of rotatable bonds is 3. The van der Waals surface area contributed by atoms with Crippen LogP contribution in [0.5, 0.6) is 0 Å². The van der Waals surface area contributed by atoms with Gasteiger partial charge in [0.25, 0.3) is 0 Å². The lowest BCUT2D eigenvalue weighted by Crippen LogP contribution is -2.24. The van der Waals surface area contributed by atoms with E-state index >= 15 is 0 Å². The van der Waals surface area contributed by atoms with Crippen LogP contribution in [-0.2, 0) is 4.79 Å². The summed E-state index contributed by atoms with van der Waals surface area (Å²) in [6.45, 7) is 8.83. The highest BCUT2D eigenvalue weighted by Crippen LogP contribution is 2.21. The third kappa shape index (κ3) is 9.82. The number of hydrogen-bond donors (Lipinski definition) is 1. The third-order valence-corrected chi connectivity index (χ3v) is 2.29. The number of nitrogens with one attached hydrogen (secondary N) is 1. The van der Waals surface area contributed by atoms with Gasteiger partial charge in [-0.3, -0.25) is 4.79 Å². The monoisotopic (exact) mass is 175 g/mol. The maximum atomic E-state index is 10.4. The second-order valence-electron chi connectivity index (χ2n) is 3.44. The van der Waals surface area contributed by atoms with Gasteiger partial charge in [0, 0.05) is 24.0 Å². The van der Waals surface area contributed by atoms with Crippen molar-refractivity contribution in [1.29, 1.82) is 0 Å². The van der Waals surface area contributed by atoms with Crippen molar-refractivity contribution >= 4 is 17.7 Å². The normalized spacial score (nSPS) is 11.3. The van der Waals surface area contributed by atoms with E-state index in [2.05, 4.69) is 26.1 Å². The zero-order chi connectivity index (χ0) is 8.91. The Morgan fingerprint density at radius 2 is 2.00 bits per heavy atom. The molecule has 0 bridgehead atoms. The van der Waals surface area contributed by atoms with Gasteiger partial charge in [-0.05, 0) is 0 Å². The molecular formula is C8H17NOS. The van der Waals surface area contributed by atoms with Crippen molar-refractivity contribution in [2.45, 2.75) is 32.4 Å².